The molecule has 0 saturated heterocycles. The van der Waals surface area contributed by atoms with Crippen LogP contribution in [0.5, 0.6) is 5.75 Å². The molecule has 2 aromatic carbocycles. The first kappa shape index (κ1) is 19.9. The van der Waals surface area contributed by atoms with Gasteiger partial charge in [-0.2, -0.15) is 0 Å². The van der Waals surface area contributed by atoms with E-state index in [-0.39, 0.29) is 12.4 Å². The fraction of sp³-hybridized carbons (Fsp3) is 0.400. The number of benzene rings is 2. The van der Waals surface area contributed by atoms with Crippen molar-refractivity contribution in [3.63, 3.8) is 0 Å². The molecule has 5 heteroatoms. The van der Waals surface area contributed by atoms with E-state index in [1.165, 1.54) is 22.5 Å². The Morgan fingerprint density at radius 2 is 1.80 bits per heavy atom. The predicted octanol–water partition coefficient (Wildman–Crippen LogP) is 4.96. The molecule has 1 heterocycles. The molecule has 0 bridgehead atoms. The van der Waals surface area contributed by atoms with Crippen molar-refractivity contribution in [2.75, 3.05) is 39.2 Å². The molecule has 0 amide bonds. The van der Waals surface area contributed by atoms with Gasteiger partial charge in [0.2, 0.25) is 0 Å². The maximum Gasteiger partial charge on any atom is 0.119 e. The number of fused-ring (bicyclic) bond motifs is 2. The Labute approximate surface area is 161 Å². The monoisotopic (exact) mass is 380 g/mol. The minimum Gasteiger partial charge on any atom is -0.497 e. The molecule has 136 valence electrons. The molecule has 1 aliphatic rings. The number of nitrogens with zero attached hydrogens (tertiary/aromatic N) is 2. The van der Waals surface area contributed by atoms with E-state index >= 15 is 0 Å². The smallest absolute Gasteiger partial charge is 0.119 e. The van der Waals surface area contributed by atoms with E-state index in [1.54, 1.807) is 7.11 Å². The van der Waals surface area contributed by atoms with Gasteiger partial charge in [-0.15, -0.1) is 12.4 Å². The van der Waals surface area contributed by atoms with Crippen molar-refractivity contribution in [2.45, 2.75) is 19.3 Å². The van der Waals surface area contributed by atoms with Crippen LogP contribution in [0.4, 0.5) is 11.4 Å². The second-order valence-electron chi connectivity index (χ2n) is 6.58. The average Bonchev–Trinajstić information content (AvgIpc) is 2.71. The Morgan fingerprint density at radius 3 is 2.52 bits per heavy atom. The van der Waals surface area contributed by atoms with Crippen LogP contribution in [-0.2, 0) is 12.8 Å². The zero-order chi connectivity index (χ0) is 17.1. The molecule has 0 unspecified atom stereocenters. The van der Waals surface area contributed by atoms with Gasteiger partial charge in [0, 0.05) is 22.9 Å². The van der Waals surface area contributed by atoms with E-state index in [4.69, 9.17) is 16.3 Å². The van der Waals surface area contributed by atoms with Crippen LogP contribution >= 0.6 is 24.0 Å². The molecule has 0 atom stereocenters. The van der Waals surface area contributed by atoms with Gasteiger partial charge >= 0.3 is 0 Å². The van der Waals surface area contributed by atoms with Gasteiger partial charge in [0.25, 0.3) is 0 Å². The van der Waals surface area contributed by atoms with E-state index in [2.05, 4.69) is 48.2 Å². The van der Waals surface area contributed by atoms with Gasteiger partial charge in [-0.1, -0.05) is 17.7 Å². The second kappa shape index (κ2) is 8.79. The van der Waals surface area contributed by atoms with Crippen LogP contribution in [0.1, 0.15) is 17.5 Å². The number of anilines is 2. The minimum absolute atomic E-state index is 0. The molecule has 0 radical (unpaired) electrons. The third-order valence-corrected chi connectivity index (χ3v) is 4.80. The second-order valence-corrected chi connectivity index (χ2v) is 7.01. The Bertz CT molecular complexity index is 719. The lowest BCUT2D eigenvalue weighted by atomic mass is 10.0. The van der Waals surface area contributed by atoms with E-state index in [1.807, 2.05) is 12.1 Å². The van der Waals surface area contributed by atoms with Crippen molar-refractivity contribution in [3.05, 3.63) is 52.5 Å². The summed E-state index contributed by atoms with van der Waals surface area (Å²) in [5, 5.41) is 0.795. The molecule has 25 heavy (non-hydrogen) atoms. The van der Waals surface area contributed by atoms with E-state index in [0.29, 0.717) is 0 Å². The lowest BCUT2D eigenvalue weighted by Gasteiger charge is -2.28. The van der Waals surface area contributed by atoms with Gasteiger partial charge in [0.1, 0.15) is 5.75 Å². The molecule has 0 fully saturated rings. The van der Waals surface area contributed by atoms with Crippen LogP contribution in [0.3, 0.4) is 0 Å². The number of rotatable bonds is 5. The van der Waals surface area contributed by atoms with E-state index < -0.39 is 0 Å². The van der Waals surface area contributed by atoms with Crippen molar-refractivity contribution < 1.29 is 4.74 Å². The summed E-state index contributed by atoms with van der Waals surface area (Å²) < 4.78 is 5.42. The van der Waals surface area contributed by atoms with Gasteiger partial charge in [-0.3, -0.25) is 0 Å². The van der Waals surface area contributed by atoms with Gasteiger partial charge in [0.15, 0.2) is 0 Å². The summed E-state index contributed by atoms with van der Waals surface area (Å²) in [6.07, 6.45) is 3.15. The molecular formula is C20H26Cl2N2O. The maximum absolute atomic E-state index is 6.30. The Kier molecular flexibility index (Phi) is 7.00. The largest absolute Gasteiger partial charge is 0.497 e. The molecular weight excluding hydrogens is 355 g/mol. The lowest BCUT2D eigenvalue weighted by molar-refractivity contribution is 0.402. The first-order chi connectivity index (χ1) is 11.6. The number of methoxy groups -OCH3 is 1. The molecule has 3 nitrogen and oxygen atoms in total. The van der Waals surface area contributed by atoms with Crippen molar-refractivity contribution >= 4 is 35.4 Å². The summed E-state index contributed by atoms with van der Waals surface area (Å²) in [4.78, 5) is 4.65. The highest BCUT2D eigenvalue weighted by atomic mass is 35.5. The SMILES string of the molecule is COc1ccc2c(c1)CCc1ccc(Cl)cc1N2CCCN(C)C.Cl. The highest BCUT2D eigenvalue weighted by Gasteiger charge is 2.21. The third kappa shape index (κ3) is 4.60. The lowest BCUT2D eigenvalue weighted by Crippen LogP contribution is -2.24. The molecule has 0 saturated carbocycles. The Hall–Kier alpha value is -1.42. The summed E-state index contributed by atoms with van der Waals surface area (Å²) in [6, 6.07) is 12.7. The van der Waals surface area contributed by atoms with Crippen LogP contribution in [0.2, 0.25) is 5.02 Å². The van der Waals surface area contributed by atoms with Crippen molar-refractivity contribution in [1.29, 1.82) is 0 Å². The van der Waals surface area contributed by atoms with Crippen molar-refractivity contribution in [2.24, 2.45) is 0 Å². The van der Waals surface area contributed by atoms with Gasteiger partial charge < -0.3 is 14.5 Å². The van der Waals surface area contributed by atoms with E-state index in [9.17, 15) is 0 Å². The van der Waals surface area contributed by atoms with Crippen LogP contribution in [0.25, 0.3) is 0 Å². The van der Waals surface area contributed by atoms with Crippen LogP contribution in [0, 0.1) is 0 Å². The Morgan fingerprint density at radius 1 is 1.04 bits per heavy atom. The molecule has 1 aliphatic heterocycles. The molecule has 0 N–H and O–H groups in total. The molecule has 0 aromatic heterocycles. The number of hydrogen-bond donors (Lipinski definition) is 0. The predicted molar refractivity (Wildman–Crippen MR) is 109 cm³/mol. The van der Waals surface area contributed by atoms with Crippen LogP contribution in [-0.4, -0.2) is 39.2 Å². The van der Waals surface area contributed by atoms with Crippen molar-refractivity contribution in [3.8, 4) is 5.75 Å². The fourth-order valence-electron chi connectivity index (χ4n) is 3.34. The normalized spacial score (nSPS) is 12.9. The highest BCUT2D eigenvalue weighted by Crippen LogP contribution is 2.38. The Balaban J connectivity index is 0.00000225. The summed E-state index contributed by atoms with van der Waals surface area (Å²) in [5.41, 5.74) is 5.21. The topological polar surface area (TPSA) is 15.7 Å². The quantitative estimate of drug-likeness (QED) is 0.728. The summed E-state index contributed by atoms with van der Waals surface area (Å²) in [7, 11) is 5.96. The van der Waals surface area contributed by atoms with Gasteiger partial charge in [-0.25, -0.2) is 0 Å². The van der Waals surface area contributed by atoms with Crippen LogP contribution < -0.4 is 9.64 Å². The molecule has 2 aromatic rings. The summed E-state index contributed by atoms with van der Waals surface area (Å²) >= 11 is 6.30. The number of ether oxygens (including phenoxy) is 1. The van der Waals surface area contributed by atoms with Gasteiger partial charge in [-0.05, 0) is 81.4 Å². The van der Waals surface area contributed by atoms with E-state index in [0.717, 1.165) is 43.1 Å². The first-order valence-corrected chi connectivity index (χ1v) is 8.84. The maximum atomic E-state index is 6.30. The number of aryl methyl sites for hydroxylation is 2. The molecule has 0 aliphatic carbocycles. The number of hydrogen-bond acceptors (Lipinski definition) is 3. The summed E-state index contributed by atoms with van der Waals surface area (Å²) in [6.45, 7) is 2.04. The minimum atomic E-state index is 0. The standard InChI is InChI=1S/C20H25ClN2O.ClH/c1-22(2)11-4-12-23-19-10-9-18(24-3)13-16(19)6-5-15-7-8-17(21)14-20(15)23;/h7-10,13-14H,4-6,11-12H2,1-3H3;1H. The molecule has 3 rings (SSSR count). The number of halogens is 2. The molecule has 0 spiro atoms. The van der Waals surface area contributed by atoms with Crippen molar-refractivity contribution in [1.82, 2.24) is 4.90 Å². The third-order valence-electron chi connectivity index (χ3n) is 4.57. The zero-order valence-electron chi connectivity index (χ0n) is 15.1. The zero-order valence-corrected chi connectivity index (χ0v) is 16.7. The fourth-order valence-corrected chi connectivity index (χ4v) is 3.50. The average molecular weight is 381 g/mol. The first-order valence-electron chi connectivity index (χ1n) is 8.46. The summed E-state index contributed by atoms with van der Waals surface area (Å²) in [5.74, 6) is 0.922. The van der Waals surface area contributed by atoms with Crippen LogP contribution in [0.15, 0.2) is 36.4 Å². The highest BCUT2D eigenvalue weighted by molar-refractivity contribution is 6.30. The van der Waals surface area contributed by atoms with Gasteiger partial charge in [0.05, 0.1) is 7.11 Å².